The van der Waals surface area contributed by atoms with Crippen LogP contribution in [0.5, 0.6) is 0 Å². The molecule has 0 bridgehead atoms. The van der Waals surface area contributed by atoms with Gasteiger partial charge >= 0.3 is 0 Å². The van der Waals surface area contributed by atoms with E-state index < -0.39 is 5.91 Å². The first-order chi connectivity index (χ1) is 14.5. The van der Waals surface area contributed by atoms with Crippen LogP contribution in [0.1, 0.15) is 40.4 Å². The number of benzene rings is 1. The molecule has 1 aliphatic heterocycles. The Kier molecular flexibility index (Phi) is 5.62. The number of carbonyl (C=O) groups excluding carboxylic acids is 1. The van der Waals surface area contributed by atoms with Gasteiger partial charge in [0.2, 0.25) is 5.95 Å². The standard InChI is InChI=1S/C21H25N7O2/c1-13-4-3-5-14(2)18(13)26-20-17(19(22)29)11-23-21(27-20)25-15-10-24-28(12-15)16-6-8-30-9-7-16/h3-5,10-12,16H,6-9H2,1-2H3,(H2,22,29)(H2,23,25,26,27). The fraction of sp³-hybridized carbons (Fsp3) is 0.333. The highest BCUT2D eigenvalue weighted by molar-refractivity contribution is 5.98. The molecule has 3 aromatic rings. The maximum atomic E-state index is 11.9. The van der Waals surface area contributed by atoms with Gasteiger partial charge in [-0.2, -0.15) is 10.1 Å². The third-order valence-corrected chi connectivity index (χ3v) is 5.20. The number of carbonyl (C=O) groups is 1. The number of ether oxygens (including phenoxy) is 1. The summed E-state index contributed by atoms with van der Waals surface area (Å²) in [7, 11) is 0. The smallest absolute Gasteiger partial charge is 0.254 e. The normalized spacial score (nSPS) is 14.5. The summed E-state index contributed by atoms with van der Waals surface area (Å²) in [6.45, 7) is 5.48. The van der Waals surface area contributed by atoms with Crippen LogP contribution in [0.4, 0.5) is 23.1 Å². The Morgan fingerprint density at radius 1 is 1.17 bits per heavy atom. The summed E-state index contributed by atoms with van der Waals surface area (Å²) in [4.78, 5) is 20.6. The molecule has 1 fully saturated rings. The summed E-state index contributed by atoms with van der Waals surface area (Å²) in [6, 6.07) is 6.29. The van der Waals surface area contributed by atoms with E-state index in [2.05, 4.69) is 25.7 Å². The molecule has 1 aliphatic rings. The number of rotatable bonds is 6. The number of nitrogens with two attached hydrogens (primary N) is 1. The van der Waals surface area contributed by atoms with Gasteiger partial charge in [0.1, 0.15) is 11.4 Å². The number of nitrogens with zero attached hydrogens (tertiary/aromatic N) is 4. The zero-order chi connectivity index (χ0) is 21.1. The van der Waals surface area contributed by atoms with Gasteiger partial charge < -0.3 is 21.1 Å². The predicted molar refractivity (Wildman–Crippen MR) is 114 cm³/mol. The number of primary amides is 1. The van der Waals surface area contributed by atoms with Crippen LogP contribution < -0.4 is 16.4 Å². The predicted octanol–water partition coefficient (Wildman–Crippen LogP) is 3.23. The summed E-state index contributed by atoms with van der Waals surface area (Å²) in [5.41, 5.74) is 9.49. The Labute approximate surface area is 174 Å². The van der Waals surface area contributed by atoms with Gasteiger partial charge in [0.15, 0.2) is 0 Å². The fourth-order valence-corrected chi connectivity index (χ4v) is 3.53. The quantitative estimate of drug-likeness (QED) is 0.574. The molecule has 1 saturated heterocycles. The van der Waals surface area contributed by atoms with Crippen molar-refractivity contribution in [2.75, 3.05) is 23.8 Å². The molecule has 156 valence electrons. The first-order valence-electron chi connectivity index (χ1n) is 9.90. The average Bonchev–Trinajstić information content (AvgIpc) is 3.20. The lowest BCUT2D eigenvalue weighted by Crippen LogP contribution is -2.19. The highest BCUT2D eigenvalue weighted by Crippen LogP contribution is 2.27. The number of hydrogen-bond acceptors (Lipinski definition) is 7. The van der Waals surface area contributed by atoms with E-state index in [1.807, 2.05) is 42.9 Å². The van der Waals surface area contributed by atoms with Crippen molar-refractivity contribution < 1.29 is 9.53 Å². The third-order valence-electron chi connectivity index (χ3n) is 5.20. The molecular weight excluding hydrogens is 382 g/mol. The molecule has 9 nitrogen and oxygen atoms in total. The van der Waals surface area contributed by atoms with Crippen molar-refractivity contribution in [3.8, 4) is 0 Å². The first kappa shape index (κ1) is 19.8. The van der Waals surface area contributed by atoms with Gasteiger partial charge in [-0.05, 0) is 37.8 Å². The summed E-state index contributed by atoms with van der Waals surface area (Å²) >= 11 is 0. The van der Waals surface area contributed by atoms with Crippen LogP contribution in [0.3, 0.4) is 0 Å². The van der Waals surface area contributed by atoms with E-state index in [1.165, 1.54) is 6.20 Å². The number of nitrogens with one attached hydrogen (secondary N) is 2. The minimum atomic E-state index is -0.595. The molecule has 0 saturated carbocycles. The van der Waals surface area contributed by atoms with Crippen molar-refractivity contribution in [1.82, 2.24) is 19.7 Å². The Morgan fingerprint density at radius 3 is 2.60 bits per heavy atom. The van der Waals surface area contributed by atoms with E-state index in [-0.39, 0.29) is 5.56 Å². The molecule has 0 radical (unpaired) electrons. The molecule has 0 spiro atoms. The Morgan fingerprint density at radius 2 is 1.90 bits per heavy atom. The molecule has 2 aromatic heterocycles. The number of hydrogen-bond donors (Lipinski definition) is 3. The minimum absolute atomic E-state index is 0.223. The zero-order valence-electron chi connectivity index (χ0n) is 17.1. The van der Waals surface area contributed by atoms with Crippen molar-refractivity contribution in [1.29, 1.82) is 0 Å². The van der Waals surface area contributed by atoms with Gasteiger partial charge in [-0.1, -0.05) is 18.2 Å². The molecule has 9 heteroatoms. The zero-order valence-corrected chi connectivity index (χ0v) is 17.1. The Hall–Kier alpha value is -3.46. The largest absolute Gasteiger partial charge is 0.381 e. The monoisotopic (exact) mass is 407 g/mol. The summed E-state index contributed by atoms with van der Waals surface area (Å²) in [5.74, 6) is 0.108. The molecule has 0 aliphatic carbocycles. The second-order valence-electron chi connectivity index (χ2n) is 7.39. The summed E-state index contributed by atoms with van der Waals surface area (Å²) < 4.78 is 7.35. The Bertz CT molecular complexity index is 1040. The van der Waals surface area contributed by atoms with Crippen molar-refractivity contribution in [3.05, 3.63) is 53.5 Å². The van der Waals surface area contributed by atoms with Crippen LogP contribution in [0, 0.1) is 13.8 Å². The maximum absolute atomic E-state index is 11.9. The van der Waals surface area contributed by atoms with Crippen LogP contribution in [-0.2, 0) is 4.74 Å². The van der Waals surface area contributed by atoms with Gasteiger partial charge in [0, 0.05) is 31.3 Å². The van der Waals surface area contributed by atoms with E-state index in [1.54, 1.807) is 6.20 Å². The number of aryl methyl sites for hydroxylation is 2. The van der Waals surface area contributed by atoms with Crippen LogP contribution in [0.25, 0.3) is 0 Å². The number of aromatic nitrogens is 4. The van der Waals surface area contributed by atoms with Gasteiger partial charge in [-0.3, -0.25) is 9.48 Å². The molecule has 4 N–H and O–H groups in total. The highest BCUT2D eigenvalue weighted by Gasteiger charge is 2.18. The molecule has 1 amide bonds. The topological polar surface area (TPSA) is 120 Å². The van der Waals surface area contributed by atoms with E-state index >= 15 is 0 Å². The van der Waals surface area contributed by atoms with Crippen molar-refractivity contribution >= 4 is 29.0 Å². The number of para-hydroxylation sites is 1. The van der Waals surface area contributed by atoms with Crippen LogP contribution in [-0.4, -0.2) is 38.9 Å². The lowest BCUT2D eigenvalue weighted by molar-refractivity contribution is 0.0662. The van der Waals surface area contributed by atoms with Crippen molar-refractivity contribution in [2.45, 2.75) is 32.7 Å². The van der Waals surface area contributed by atoms with Crippen LogP contribution in [0.2, 0.25) is 0 Å². The number of anilines is 4. The average molecular weight is 407 g/mol. The van der Waals surface area contributed by atoms with E-state index in [0.717, 1.165) is 48.6 Å². The van der Waals surface area contributed by atoms with Gasteiger partial charge in [0.25, 0.3) is 5.91 Å². The molecule has 4 rings (SSSR count). The van der Waals surface area contributed by atoms with E-state index in [9.17, 15) is 4.79 Å². The van der Waals surface area contributed by atoms with Gasteiger partial charge in [0.05, 0.1) is 17.9 Å². The van der Waals surface area contributed by atoms with Crippen molar-refractivity contribution in [2.24, 2.45) is 5.73 Å². The molecular formula is C21H25N7O2. The Balaban J connectivity index is 1.58. The van der Waals surface area contributed by atoms with Crippen LogP contribution >= 0.6 is 0 Å². The first-order valence-corrected chi connectivity index (χ1v) is 9.90. The van der Waals surface area contributed by atoms with E-state index in [0.29, 0.717) is 17.8 Å². The fourth-order valence-electron chi connectivity index (χ4n) is 3.53. The lowest BCUT2D eigenvalue weighted by Gasteiger charge is -2.22. The van der Waals surface area contributed by atoms with Gasteiger partial charge in [-0.15, -0.1) is 0 Å². The van der Waals surface area contributed by atoms with Gasteiger partial charge in [-0.25, -0.2) is 4.98 Å². The van der Waals surface area contributed by atoms with Crippen LogP contribution in [0.15, 0.2) is 36.8 Å². The molecule has 30 heavy (non-hydrogen) atoms. The van der Waals surface area contributed by atoms with E-state index in [4.69, 9.17) is 10.5 Å². The minimum Gasteiger partial charge on any atom is -0.381 e. The SMILES string of the molecule is Cc1cccc(C)c1Nc1nc(Nc2cnn(C3CCOCC3)c2)ncc1C(N)=O. The molecule has 0 atom stereocenters. The third kappa shape index (κ3) is 4.25. The second-order valence-corrected chi connectivity index (χ2v) is 7.39. The lowest BCUT2D eigenvalue weighted by atomic mass is 10.1. The number of amides is 1. The summed E-state index contributed by atoms with van der Waals surface area (Å²) in [6.07, 6.45) is 6.97. The van der Waals surface area contributed by atoms with Crippen molar-refractivity contribution in [3.63, 3.8) is 0 Å². The molecule has 3 heterocycles. The molecule has 0 unspecified atom stereocenters. The highest BCUT2D eigenvalue weighted by atomic mass is 16.5. The summed E-state index contributed by atoms with van der Waals surface area (Å²) in [5, 5.41) is 10.9. The maximum Gasteiger partial charge on any atom is 0.254 e. The second kappa shape index (κ2) is 8.50. The molecule has 1 aromatic carbocycles.